The Kier molecular flexibility index (Phi) is 4.58. The van der Waals surface area contributed by atoms with Gasteiger partial charge in [0.15, 0.2) is 0 Å². The molecule has 0 bridgehead atoms. The molecule has 92 valence electrons. The number of nitrogens with zero attached hydrogens (tertiary/aromatic N) is 2. The van der Waals surface area contributed by atoms with Crippen LogP contribution in [0.15, 0.2) is 24.3 Å². The van der Waals surface area contributed by atoms with Crippen LogP contribution in [-0.2, 0) is 4.79 Å². The number of benzene rings is 1. The Hall–Kier alpha value is -2.68. The number of amides is 1. The fourth-order valence-electron chi connectivity index (χ4n) is 1.30. The highest BCUT2D eigenvalue weighted by Gasteiger charge is 2.12. The lowest BCUT2D eigenvalue weighted by Crippen LogP contribution is -2.19. The Balaban J connectivity index is 2.86. The minimum Gasteiger partial charge on any atom is -0.353 e. The minimum absolute atomic E-state index is 0.0269. The van der Waals surface area contributed by atoms with Gasteiger partial charge in [0, 0.05) is 19.5 Å². The van der Waals surface area contributed by atoms with Crippen molar-refractivity contribution >= 4 is 17.7 Å². The summed E-state index contributed by atoms with van der Waals surface area (Å²) in [6.07, 6.45) is 3.32. The Labute approximate surface area is 104 Å². The van der Waals surface area contributed by atoms with Crippen LogP contribution in [0.5, 0.6) is 0 Å². The van der Waals surface area contributed by atoms with Crippen molar-refractivity contribution in [1.82, 2.24) is 5.32 Å². The molecule has 6 heteroatoms. The number of hydrogen-bond donors (Lipinski definition) is 1. The molecule has 0 atom stereocenters. The van der Waals surface area contributed by atoms with Crippen LogP contribution in [0.2, 0.25) is 0 Å². The number of rotatable bonds is 4. The molecule has 0 radical (unpaired) electrons. The zero-order valence-corrected chi connectivity index (χ0v) is 9.71. The first kappa shape index (κ1) is 13.4. The predicted octanol–water partition coefficient (Wildman–Crippen LogP) is 1.62. The number of carbonyl (C=O) groups excluding carboxylic acids is 1. The van der Waals surface area contributed by atoms with E-state index in [1.54, 1.807) is 24.3 Å². The molecule has 0 unspecified atom stereocenters. The Morgan fingerprint density at radius 3 is 2.89 bits per heavy atom. The van der Waals surface area contributed by atoms with E-state index >= 15 is 0 Å². The molecular formula is C12H11N3O3. The van der Waals surface area contributed by atoms with Crippen LogP contribution in [0.1, 0.15) is 18.1 Å². The van der Waals surface area contributed by atoms with Gasteiger partial charge in [-0.15, -0.1) is 0 Å². The van der Waals surface area contributed by atoms with Crippen molar-refractivity contribution in [2.45, 2.75) is 6.92 Å². The molecule has 0 heterocycles. The number of hydrogen-bond acceptors (Lipinski definition) is 4. The number of carbonyl (C=O) groups is 1. The molecule has 0 aliphatic carbocycles. The molecule has 0 saturated heterocycles. The molecule has 6 nitrogen and oxygen atoms in total. The van der Waals surface area contributed by atoms with Crippen LogP contribution in [0.3, 0.4) is 0 Å². The van der Waals surface area contributed by atoms with Gasteiger partial charge >= 0.3 is 0 Å². The van der Waals surface area contributed by atoms with E-state index < -0.39 is 4.92 Å². The second kappa shape index (κ2) is 6.15. The maximum Gasteiger partial charge on any atom is 0.287 e. The van der Waals surface area contributed by atoms with Gasteiger partial charge in [0.2, 0.25) is 5.91 Å². The van der Waals surface area contributed by atoms with Gasteiger partial charge < -0.3 is 5.32 Å². The number of nitro groups is 1. The zero-order valence-electron chi connectivity index (χ0n) is 9.71. The molecule has 0 aromatic heterocycles. The first-order valence-corrected chi connectivity index (χ1v) is 5.14. The molecule has 1 amide bonds. The number of nitriles is 1. The summed E-state index contributed by atoms with van der Waals surface area (Å²) < 4.78 is 0. The van der Waals surface area contributed by atoms with Gasteiger partial charge in [0.1, 0.15) is 11.6 Å². The van der Waals surface area contributed by atoms with Gasteiger partial charge in [-0.2, -0.15) is 5.26 Å². The smallest absolute Gasteiger partial charge is 0.287 e. The Bertz CT molecular complexity index is 544. The zero-order chi connectivity index (χ0) is 13.5. The normalized spacial score (nSPS) is 10.0. The molecule has 1 N–H and O–H groups in total. The SMILES string of the molecule is CC(=O)NCC=Cc1ccc(C#N)c([N+](=O)[O-])c1. The van der Waals surface area contributed by atoms with E-state index in [1.165, 1.54) is 19.1 Å². The van der Waals surface area contributed by atoms with E-state index in [4.69, 9.17) is 5.26 Å². The highest BCUT2D eigenvalue weighted by Crippen LogP contribution is 2.20. The predicted molar refractivity (Wildman–Crippen MR) is 65.5 cm³/mol. The quantitative estimate of drug-likeness (QED) is 0.643. The summed E-state index contributed by atoms with van der Waals surface area (Å²) in [6, 6.07) is 6.09. The van der Waals surface area contributed by atoms with Crippen LogP contribution < -0.4 is 5.32 Å². The minimum atomic E-state index is -0.594. The van der Waals surface area contributed by atoms with Crippen LogP contribution >= 0.6 is 0 Å². The third-order valence-corrected chi connectivity index (χ3v) is 2.12. The Morgan fingerprint density at radius 2 is 2.33 bits per heavy atom. The van der Waals surface area contributed by atoms with Crippen LogP contribution in [0.25, 0.3) is 6.08 Å². The summed E-state index contributed by atoms with van der Waals surface area (Å²) in [5.74, 6) is -0.148. The third-order valence-electron chi connectivity index (χ3n) is 2.12. The third kappa shape index (κ3) is 3.72. The summed E-state index contributed by atoms with van der Waals surface area (Å²) in [5.41, 5.74) is 0.407. The van der Waals surface area contributed by atoms with Gasteiger partial charge in [-0.1, -0.05) is 18.2 Å². The van der Waals surface area contributed by atoms with Crippen molar-refractivity contribution in [3.05, 3.63) is 45.5 Å². The topological polar surface area (TPSA) is 96.0 Å². The molecular weight excluding hydrogens is 234 g/mol. The second-order valence-corrected chi connectivity index (χ2v) is 3.48. The summed E-state index contributed by atoms with van der Waals surface area (Å²) in [4.78, 5) is 20.7. The molecule has 0 spiro atoms. The van der Waals surface area contributed by atoms with Crippen molar-refractivity contribution in [1.29, 1.82) is 5.26 Å². The molecule has 0 aliphatic heterocycles. The largest absolute Gasteiger partial charge is 0.353 e. The van der Waals surface area contributed by atoms with Crippen molar-refractivity contribution in [2.75, 3.05) is 6.54 Å². The maximum atomic E-state index is 10.7. The number of nitro benzene ring substituents is 1. The second-order valence-electron chi connectivity index (χ2n) is 3.48. The van der Waals surface area contributed by atoms with E-state index in [9.17, 15) is 14.9 Å². The number of nitrogens with one attached hydrogen (secondary N) is 1. The summed E-state index contributed by atoms with van der Waals surface area (Å²) in [7, 11) is 0. The monoisotopic (exact) mass is 245 g/mol. The van der Waals surface area contributed by atoms with E-state index in [0.717, 1.165) is 0 Å². The molecule has 1 aromatic carbocycles. The molecule has 1 aromatic rings. The van der Waals surface area contributed by atoms with Crippen LogP contribution in [0, 0.1) is 21.4 Å². The summed E-state index contributed by atoms with van der Waals surface area (Å²) in [6.45, 7) is 1.75. The lowest BCUT2D eigenvalue weighted by atomic mass is 10.1. The average Bonchev–Trinajstić information content (AvgIpc) is 2.34. The Morgan fingerprint density at radius 1 is 1.61 bits per heavy atom. The van der Waals surface area contributed by atoms with E-state index in [1.807, 2.05) is 0 Å². The van der Waals surface area contributed by atoms with Gasteiger partial charge in [0.05, 0.1) is 4.92 Å². The van der Waals surface area contributed by atoms with Crippen molar-refractivity contribution in [3.8, 4) is 6.07 Å². The van der Waals surface area contributed by atoms with Gasteiger partial charge in [-0.05, 0) is 11.6 Å². The van der Waals surface area contributed by atoms with E-state index in [-0.39, 0.29) is 17.2 Å². The fraction of sp³-hybridized carbons (Fsp3) is 0.167. The van der Waals surface area contributed by atoms with Gasteiger partial charge in [-0.25, -0.2) is 0 Å². The molecule has 0 aliphatic rings. The van der Waals surface area contributed by atoms with Crippen LogP contribution in [-0.4, -0.2) is 17.4 Å². The van der Waals surface area contributed by atoms with E-state index in [2.05, 4.69) is 5.32 Å². The fourth-order valence-corrected chi connectivity index (χ4v) is 1.30. The van der Waals surface area contributed by atoms with E-state index in [0.29, 0.717) is 12.1 Å². The van der Waals surface area contributed by atoms with Crippen LogP contribution in [0.4, 0.5) is 5.69 Å². The van der Waals surface area contributed by atoms with Gasteiger partial charge in [-0.3, -0.25) is 14.9 Å². The summed E-state index contributed by atoms with van der Waals surface area (Å²) >= 11 is 0. The van der Waals surface area contributed by atoms with Crippen molar-refractivity contribution < 1.29 is 9.72 Å². The first-order chi connectivity index (χ1) is 8.54. The highest BCUT2D eigenvalue weighted by atomic mass is 16.6. The lowest BCUT2D eigenvalue weighted by molar-refractivity contribution is -0.385. The van der Waals surface area contributed by atoms with Crippen molar-refractivity contribution in [3.63, 3.8) is 0 Å². The summed E-state index contributed by atoms with van der Waals surface area (Å²) in [5, 5.41) is 22.0. The average molecular weight is 245 g/mol. The standard InChI is InChI=1S/C12H11N3O3/c1-9(16)14-6-2-3-10-4-5-11(8-13)12(7-10)15(17)18/h2-5,7H,6H2,1H3,(H,14,16). The van der Waals surface area contributed by atoms with Crippen molar-refractivity contribution in [2.24, 2.45) is 0 Å². The van der Waals surface area contributed by atoms with Gasteiger partial charge in [0.25, 0.3) is 5.69 Å². The lowest BCUT2D eigenvalue weighted by Gasteiger charge is -1.98. The highest BCUT2D eigenvalue weighted by molar-refractivity contribution is 5.73. The molecule has 0 fully saturated rings. The first-order valence-electron chi connectivity index (χ1n) is 5.14. The maximum absolute atomic E-state index is 10.7. The molecule has 1 rings (SSSR count). The molecule has 0 saturated carbocycles. The molecule has 18 heavy (non-hydrogen) atoms.